The molecule has 1 saturated heterocycles. The van der Waals surface area contributed by atoms with Gasteiger partial charge in [0.05, 0.1) is 0 Å². The molecule has 29 heavy (non-hydrogen) atoms. The van der Waals surface area contributed by atoms with Crippen LogP contribution in [0.4, 0.5) is 33.1 Å². The molecule has 0 bridgehead atoms. The number of piperazine rings is 1. The van der Waals surface area contributed by atoms with E-state index >= 15 is 0 Å². The average Bonchev–Trinajstić information content (AvgIpc) is 3.19. The van der Waals surface area contributed by atoms with Crippen LogP contribution in [0.3, 0.4) is 0 Å². The number of benzene rings is 2. The Morgan fingerprint density at radius 1 is 0.793 bits per heavy atom. The van der Waals surface area contributed by atoms with Gasteiger partial charge in [0.25, 0.3) is 0 Å². The second-order valence-corrected chi connectivity index (χ2v) is 7.42. The van der Waals surface area contributed by atoms with E-state index in [1.807, 2.05) is 18.2 Å². The fraction of sp³-hybridized carbons (Fsp3) is 0.273. The van der Waals surface area contributed by atoms with E-state index in [9.17, 15) is 4.39 Å². The zero-order valence-corrected chi connectivity index (χ0v) is 16.1. The number of aromatic nitrogens is 2. The monoisotopic (exact) mass is 390 g/mol. The standard InChI is InChI=1S/C22H23FN6/c23-17-5-7-18(8-6-17)27-11-13-28(14-12-27)21-20(24)22(26-15-25-21)29-10-9-16-3-1-2-4-19(16)29/h1-8,15H,9-14,24H2. The van der Waals surface area contributed by atoms with E-state index in [0.717, 1.165) is 56.5 Å². The molecule has 3 heterocycles. The van der Waals surface area contributed by atoms with E-state index in [1.54, 1.807) is 6.33 Å². The first kappa shape index (κ1) is 17.7. The third kappa shape index (κ3) is 3.22. The first-order chi connectivity index (χ1) is 14.2. The highest BCUT2D eigenvalue weighted by molar-refractivity contribution is 5.81. The van der Waals surface area contributed by atoms with Gasteiger partial charge in [0.1, 0.15) is 17.8 Å². The van der Waals surface area contributed by atoms with Crippen molar-refractivity contribution < 1.29 is 4.39 Å². The van der Waals surface area contributed by atoms with Gasteiger partial charge in [0, 0.05) is 44.1 Å². The van der Waals surface area contributed by atoms with Crippen LogP contribution in [0.15, 0.2) is 54.9 Å². The van der Waals surface area contributed by atoms with Gasteiger partial charge in [0.15, 0.2) is 11.6 Å². The minimum atomic E-state index is -0.211. The Hall–Kier alpha value is -3.35. The molecule has 2 aliphatic rings. The fourth-order valence-corrected chi connectivity index (χ4v) is 4.23. The Morgan fingerprint density at radius 3 is 2.28 bits per heavy atom. The molecular formula is C22H23FN6. The van der Waals surface area contributed by atoms with Crippen molar-refractivity contribution in [1.29, 1.82) is 0 Å². The Balaban J connectivity index is 1.35. The molecule has 0 radical (unpaired) electrons. The van der Waals surface area contributed by atoms with Crippen LogP contribution in [0.5, 0.6) is 0 Å². The van der Waals surface area contributed by atoms with Gasteiger partial charge in [-0.1, -0.05) is 18.2 Å². The van der Waals surface area contributed by atoms with Gasteiger partial charge in [-0.3, -0.25) is 0 Å². The van der Waals surface area contributed by atoms with Gasteiger partial charge in [0.2, 0.25) is 0 Å². The quantitative estimate of drug-likeness (QED) is 0.741. The SMILES string of the molecule is Nc1c(N2CCN(c3ccc(F)cc3)CC2)ncnc1N1CCc2ccccc21. The van der Waals surface area contributed by atoms with Gasteiger partial charge < -0.3 is 20.4 Å². The van der Waals surface area contributed by atoms with Crippen molar-refractivity contribution in [3.8, 4) is 0 Å². The summed E-state index contributed by atoms with van der Waals surface area (Å²) in [6, 6.07) is 15.0. The summed E-state index contributed by atoms with van der Waals surface area (Å²) < 4.78 is 13.2. The lowest BCUT2D eigenvalue weighted by Gasteiger charge is -2.37. The van der Waals surface area contributed by atoms with Crippen LogP contribution in [0.2, 0.25) is 0 Å². The number of nitrogen functional groups attached to an aromatic ring is 1. The van der Waals surface area contributed by atoms with Crippen molar-refractivity contribution in [2.24, 2.45) is 0 Å². The number of hydrogen-bond donors (Lipinski definition) is 1. The summed E-state index contributed by atoms with van der Waals surface area (Å²) >= 11 is 0. The van der Waals surface area contributed by atoms with E-state index in [1.165, 1.54) is 23.4 Å². The fourth-order valence-electron chi connectivity index (χ4n) is 4.23. The third-order valence-electron chi connectivity index (χ3n) is 5.76. The van der Waals surface area contributed by atoms with Crippen LogP contribution in [0, 0.1) is 5.82 Å². The van der Waals surface area contributed by atoms with Crippen molar-refractivity contribution in [1.82, 2.24) is 9.97 Å². The van der Waals surface area contributed by atoms with Crippen LogP contribution in [-0.4, -0.2) is 42.7 Å². The van der Waals surface area contributed by atoms with Crippen LogP contribution in [-0.2, 0) is 6.42 Å². The molecule has 2 N–H and O–H groups in total. The number of halogens is 1. The minimum Gasteiger partial charge on any atom is -0.393 e. The highest BCUT2D eigenvalue weighted by Crippen LogP contribution is 2.38. The summed E-state index contributed by atoms with van der Waals surface area (Å²) in [6.07, 6.45) is 2.60. The highest BCUT2D eigenvalue weighted by atomic mass is 19.1. The van der Waals surface area contributed by atoms with E-state index in [4.69, 9.17) is 5.73 Å². The molecule has 0 amide bonds. The van der Waals surface area contributed by atoms with E-state index < -0.39 is 0 Å². The molecular weight excluding hydrogens is 367 g/mol. The van der Waals surface area contributed by atoms with Gasteiger partial charge in [-0.2, -0.15) is 0 Å². The van der Waals surface area contributed by atoms with Crippen molar-refractivity contribution in [3.05, 3.63) is 66.2 Å². The molecule has 0 spiro atoms. The van der Waals surface area contributed by atoms with E-state index in [-0.39, 0.29) is 5.82 Å². The van der Waals surface area contributed by atoms with Gasteiger partial charge in [-0.25, -0.2) is 14.4 Å². The predicted octanol–water partition coefficient (Wildman–Crippen LogP) is 3.22. The maximum absolute atomic E-state index is 13.2. The Morgan fingerprint density at radius 2 is 1.48 bits per heavy atom. The average molecular weight is 390 g/mol. The number of rotatable bonds is 3. The summed E-state index contributed by atoms with van der Waals surface area (Å²) in [5.41, 5.74) is 10.7. The number of nitrogens with zero attached hydrogens (tertiary/aromatic N) is 5. The molecule has 2 aromatic carbocycles. The minimum absolute atomic E-state index is 0.211. The van der Waals surface area contributed by atoms with Gasteiger partial charge in [-0.05, 0) is 42.3 Å². The maximum atomic E-state index is 13.2. The predicted molar refractivity (Wildman–Crippen MR) is 114 cm³/mol. The maximum Gasteiger partial charge on any atom is 0.161 e. The molecule has 0 aliphatic carbocycles. The summed E-state index contributed by atoms with van der Waals surface area (Å²) in [4.78, 5) is 15.6. The molecule has 0 saturated carbocycles. The number of fused-ring (bicyclic) bond motifs is 1. The molecule has 5 rings (SSSR count). The molecule has 6 nitrogen and oxygen atoms in total. The molecule has 2 aliphatic heterocycles. The first-order valence-electron chi connectivity index (χ1n) is 9.92. The first-order valence-corrected chi connectivity index (χ1v) is 9.92. The van der Waals surface area contributed by atoms with Crippen LogP contribution in [0.25, 0.3) is 0 Å². The van der Waals surface area contributed by atoms with Crippen molar-refractivity contribution in [2.75, 3.05) is 53.2 Å². The summed E-state index contributed by atoms with van der Waals surface area (Å²) in [5, 5.41) is 0. The Bertz CT molecular complexity index is 1010. The van der Waals surface area contributed by atoms with Crippen molar-refractivity contribution >= 4 is 28.7 Å². The number of nitrogens with two attached hydrogens (primary N) is 1. The summed E-state index contributed by atoms with van der Waals surface area (Å²) in [7, 11) is 0. The van der Waals surface area contributed by atoms with Crippen LogP contribution in [0.1, 0.15) is 5.56 Å². The smallest absolute Gasteiger partial charge is 0.161 e. The molecule has 1 aromatic heterocycles. The second-order valence-electron chi connectivity index (χ2n) is 7.42. The highest BCUT2D eigenvalue weighted by Gasteiger charge is 2.26. The molecule has 0 atom stereocenters. The third-order valence-corrected chi connectivity index (χ3v) is 5.76. The van der Waals surface area contributed by atoms with Gasteiger partial charge >= 0.3 is 0 Å². The molecule has 1 fully saturated rings. The molecule has 7 heteroatoms. The lowest BCUT2D eigenvalue weighted by Crippen LogP contribution is -2.47. The van der Waals surface area contributed by atoms with Crippen molar-refractivity contribution in [2.45, 2.75) is 6.42 Å². The Kier molecular flexibility index (Phi) is 4.42. The summed E-state index contributed by atoms with van der Waals surface area (Å²) in [5.74, 6) is 1.36. The molecule has 148 valence electrons. The van der Waals surface area contributed by atoms with E-state index in [0.29, 0.717) is 5.69 Å². The van der Waals surface area contributed by atoms with Crippen molar-refractivity contribution in [3.63, 3.8) is 0 Å². The number of para-hydroxylation sites is 1. The van der Waals surface area contributed by atoms with E-state index in [2.05, 4.69) is 42.9 Å². The number of hydrogen-bond acceptors (Lipinski definition) is 6. The van der Waals surface area contributed by atoms with Crippen LogP contribution < -0.4 is 20.4 Å². The zero-order valence-electron chi connectivity index (χ0n) is 16.1. The summed E-state index contributed by atoms with van der Waals surface area (Å²) in [6.45, 7) is 4.13. The molecule has 3 aromatic rings. The number of anilines is 5. The Labute approximate surface area is 169 Å². The molecule has 0 unspecified atom stereocenters. The normalized spacial score (nSPS) is 16.2. The lowest BCUT2D eigenvalue weighted by atomic mass is 10.2. The topological polar surface area (TPSA) is 61.5 Å². The van der Waals surface area contributed by atoms with Gasteiger partial charge in [-0.15, -0.1) is 0 Å². The zero-order chi connectivity index (χ0) is 19.8. The second kappa shape index (κ2) is 7.24. The lowest BCUT2D eigenvalue weighted by molar-refractivity contribution is 0.624. The van der Waals surface area contributed by atoms with Crippen LogP contribution >= 0.6 is 0 Å². The largest absolute Gasteiger partial charge is 0.393 e.